The Labute approximate surface area is 230 Å². The van der Waals surface area contributed by atoms with Crippen LogP contribution in [-0.2, 0) is 5.41 Å². The normalized spacial score (nSPS) is 15.2. The van der Waals surface area contributed by atoms with E-state index in [0.717, 1.165) is 46.8 Å². The molecule has 1 aliphatic rings. The number of ether oxygens (including phenoxy) is 1. The summed E-state index contributed by atoms with van der Waals surface area (Å²) in [6, 6.07) is 11.0. The Morgan fingerprint density at radius 3 is 2.58 bits per heavy atom. The number of anilines is 1. The molecule has 6 nitrogen and oxygen atoms in total. The van der Waals surface area contributed by atoms with Gasteiger partial charge in [-0.15, -0.1) is 21.5 Å². The van der Waals surface area contributed by atoms with E-state index in [-0.39, 0.29) is 5.41 Å². The van der Waals surface area contributed by atoms with Gasteiger partial charge >= 0.3 is 0 Å². The van der Waals surface area contributed by atoms with E-state index in [1.54, 1.807) is 7.11 Å². The first kappa shape index (κ1) is 26.7. The second kappa shape index (κ2) is 11.0. The Hall–Kier alpha value is -2.93. The highest BCUT2D eigenvalue weighted by molar-refractivity contribution is 7.16. The average molecular weight is 532 g/mol. The van der Waals surface area contributed by atoms with E-state index in [2.05, 4.69) is 86.1 Å². The Bertz CT molecular complexity index is 1440. The van der Waals surface area contributed by atoms with Crippen LogP contribution in [0.3, 0.4) is 0 Å². The van der Waals surface area contributed by atoms with Crippen molar-refractivity contribution in [2.24, 2.45) is 0 Å². The number of unbranched alkanes of at least 4 members (excludes halogenated alkanes) is 1. The van der Waals surface area contributed by atoms with Gasteiger partial charge in [-0.3, -0.25) is 0 Å². The van der Waals surface area contributed by atoms with Crippen LogP contribution >= 0.6 is 11.3 Å². The van der Waals surface area contributed by atoms with Crippen LogP contribution in [0.15, 0.2) is 30.3 Å². The third-order valence-electron chi connectivity index (χ3n) is 7.71. The zero-order valence-electron chi connectivity index (χ0n) is 23.8. The molecule has 202 valence electrons. The van der Waals surface area contributed by atoms with Crippen LogP contribution in [-0.4, -0.2) is 40.0 Å². The first-order valence-corrected chi connectivity index (χ1v) is 15.0. The highest BCUT2D eigenvalue weighted by Crippen LogP contribution is 2.38. The summed E-state index contributed by atoms with van der Waals surface area (Å²) < 4.78 is 7.71. The second-order valence-corrected chi connectivity index (χ2v) is 12.6. The minimum atomic E-state index is -0.143. The molecular formula is C31H41N5OS. The average Bonchev–Trinajstić information content (AvgIpc) is 3.70. The molecule has 7 heteroatoms. The monoisotopic (exact) mass is 531 g/mol. The van der Waals surface area contributed by atoms with Gasteiger partial charge < -0.3 is 9.64 Å². The van der Waals surface area contributed by atoms with Crippen molar-refractivity contribution in [3.63, 3.8) is 0 Å². The van der Waals surface area contributed by atoms with Gasteiger partial charge in [0.05, 0.1) is 23.4 Å². The molecule has 5 rings (SSSR count). The lowest BCUT2D eigenvalue weighted by Gasteiger charge is -2.20. The maximum Gasteiger partial charge on any atom is 0.189 e. The molecule has 3 aromatic heterocycles. The molecule has 1 fully saturated rings. The zero-order chi connectivity index (χ0) is 26.9. The van der Waals surface area contributed by atoms with Gasteiger partial charge in [-0.25, -0.2) is 0 Å². The van der Waals surface area contributed by atoms with E-state index in [1.165, 1.54) is 54.0 Å². The fraction of sp³-hybridized carbons (Fsp3) is 0.516. The SMILES string of the molecule is CCCCN(CC)c1ccc(/C=c2/c(C(C)(C)C)nn3c(-c4cc(C5CCCC5)ccc4OC)nnc23)s1. The first-order chi connectivity index (χ1) is 18.3. The summed E-state index contributed by atoms with van der Waals surface area (Å²) in [5.74, 6) is 2.16. The molecular weight excluding hydrogens is 490 g/mol. The Morgan fingerprint density at radius 1 is 1.11 bits per heavy atom. The lowest BCUT2D eigenvalue weighted by molar-refractivity contribution is 0.415. The predicted molar refractivity (Wildman–Crippen MR) is 159 cm³/mol. The summed E-state index contributed by atoms with van der Waals surface area (Å²) in [6.45, 7) is 13.2. The van der Waals surface area contributed by atoms with Gasteiger partial charge in [0.2, 0.25) is 0 Å². The number of aromatic nitrogens is 4. The van der Waals surface area contributed by atoms with Gasteiger partial charge in [-0.2, -0.15) is 9.61 Å². The Balaban J connectivity index is 1.61. The number of rotatable bonds is 9. The van der Waals surface area contributed by atoms with Crippen LogP contribution in [0.5, 0.6) is 5.75 Å². The summed E-state index contributed by atoms with van der Waals surface area (Å²) in [5.41, 5.74) is 4.01. The lowest BCUT2D eigenvalue weighted by atomic mass is 9.91. The maximum absolute atomic E-state index is 5.78. The van der Waals surface area contributed by atoms with Gasteiger partial charge in [-0.05, 0) is 68.0 Å². The fourth-order valence-electron chi connectivity index (χ4n) is 5.58. The third-order valence-corrected chi connectivity index (χ3v) is 8.81. The number of methoxy groups -OCH3 is 1. The van der Waals surface area contributed by atoms with Crippen molar-refractivity contribution in [3.8, 4) is 17.1 Å². The Kier molecular flexibility index (Phi) is 7.75. The second-order valence-electron chi connectivity index (χ2n) is 11.5. The van der Waals surface area contributed by atoms with Gasteiger partial charge in [0.15, 0.2) is 11.5 Å². The molecule has 0 saturated heterocycles. The minimum absolute atomic E-state index is 0.143. The largest absolute Gasteiger partial charge is 0.496 e. The maximum atomic E-state index is 5.78. The van der Waals surface area contributed by atoms with Gasteiger partial charge in [-0.1, -0.05) is 53.0 Å². The molecule has 0 unspecified atom stereocenters. The lowest BCUT2D eigenvalue weighted by Crippen LogP contribution is -2.22. The summed E-state index contributed by atoms with van der Waals surface area (Å²) in [4.78, 5) is 3.68. The van der Waals surface area contributed by atoms with Crippen molar-refractivity contribution in [2.45, 2.75) is 84.5 Å². The molecule has 1 saturated carbocycles. The number of thiophene rings is 1. The van der Waals surface area contributed by atoms with E-state index in [1.807, 2.05) is 15.9 Å². The Morgan fingerprint density at radius 2 is 1.89 bits per heavy atom. The minimum Gasteiger partial charge on any atom is -0.496 e. The number of benzene rings is 1. The van der Waals surface area contributed by atoms with Crippen LogP contribution in [0.4, 0.5) is 5.00 Å². The number of nitrogens with zero attached hydrogens (tertiary/aromatic N) is 5. The van der Waals surface area contributed by atoms with E-state index >= 15 is 0 Å². The van der Waals surface area contributed by atoms with Gasteiger partial charge in [0.25, 0.3) is 0 Å². The van der Waals surface area contributed by atoms with Crippen molar-refractivity contribution in [1.29, 1.82) is 0 Å². The quantitative estimate of drug-likeness (QED) is 0.233. The summed E-state index contributed by atoms with van der Waals surface area (Å²) in [7, 11) is 1.72. The van der Waals surface area contributed by atoms with Gasteiger partial charge in [0, 0.05) is 28.6 Å². The first-order valence-electron chi connectivity index (χ1n) is 14.1. The molecule has 4 aromatic rings. The van der Waals surface area contributed by atoms with Crippen molar-refractivity contribution in [1.82, 2.24) is 19.8 Å². The molecule has 0 aliphatic heterocycles. The third kappa shape index (κ3) is 5.18. The van der Waals surface area contributed by atoms with Crippen molar-refractivity contribution in [3.05, 3.63) is 51.7 Å². The molecule has 0 spiro atoms. The number of fused-ring (bicyclic) bond motifs is 1. The van der Waals surface area contributed by atoms with E-state index in [0.29, 0.717) is 5.92 Å². The molecule has 38 heavy (non-hydrogen) atoms. The van der Waals surface area contributed by atoms with Crippen molar-refractivity contribution >= 4 is 28.1 Å². The summed E-state index contributed by atoms with van der Waals surface area (Å²) >= 11 is 1.83. The van der Waals surface area contributed by atoms with Crippen molar-refractivity contribution in [2.75, 3.05) is 25.1 Å². The van der Waals surface area contributed by atoms with Crippen molar-refractivity contribution < 1.29 is 4.74 Å². The van der Waals surface area contributed by atoms with Crippen LogP contribution in [0.1, 0.15) is 95.2 Å². The van der Waals surface area contributed by atoms with E-state index < -0.39 is 0 Å². The molecule has 0 atom stereocenters. The molecule has 0 radical (unpaired) electrons. The molecule has 0 bridgehead atoms. The highest BCUT2D eigenvalue weighted by atomic mass is 32.1. The smallest absolute Gasteiger partial charge is 0.189 e. The standard InChI is InChI=1S/C31H41N5OS/c1-7-9-18-35(8-2)27-17-15-23(38-27)20-25-28(31(3,4)5)34-36-29(32-33-30(25)36)24-19-22(14-16-26(24)37-6)21-12-10-11-13-21/h14-17,19-21H,7-13,18H2,1-6H3/b25-20-. The molecule has 0 N–H and O–H groups in total. The number of hydrogen-bond donors (Lipinski definition) is 0. The van der Waals surface area contributed by atoms with E-state index in [9.17, 15) is 0 Å². The van der Waals surface area contributed by atoms with Gasteiger partial charge in [0.1, 0.15) is 5.75 Å². The predicted octanol–water partition coefficient (Wildman–Crippen LogP) is 6.99. The highest BCUT2D eigenvalue weighted by Gasteiger charge is 2.26. The molecule has 3 heterocycles. The van der Waals surface area contributed by atoms with Crippen LogP contribution in [0, 0.1) is 0 Å². The van der Waals surface area contributed by atoms with Crippen LogP contribution < -0.4 is 14.9 Å². The fourth-order valence-corrected chi connectivity index (χ4v) is 6.62. The molecule has 1 aromatic carbocycles. The van der Waals surface area contributed by atoms with E-state index in [4.69, 9.17) is 9.84 Å². The zero-order valence-corrected chi connectivity index (χ0v) is 24.6. The summed E-state index contributed by atoms with van der Waals surface area (Å²) in [5, 5.41) is 16.8. The molecule has 1 aliphatic carbocycles. The number of hydrogen-bond acceptors (Lipinski definition) is 6. The van der Waals surface area contributed by atoms with Crippen LogP contribution in [0.2, 0.25) is 0 Å². The molecule has 0 amide bonds. The summed E-state index contributed by atoms with van der Waals surface area (Å²) in [6.07, 6.45) is 9.77. The topological polar surface area (TPSA) is 55.6 Å². The van der Waals surface area contributed by atoms with Crippen LogP contribution in [0.25, 0.3) is 23.1 Å².